The molecular weight excluding hydrogens is 587 g/mol. The third-order valence-electron chi connectivity index (χ3n) is 7.12. The monoisotopic (exact) mass is 616 g/mol. The van der Waals surface area contributed by atoms with Gasteiger partial charge in [-0.05, 0) is 49.7 Å². The van der Waals surface area contributed by atoms with Crippen LogP contribution < -0.4 is 20.5 Å². The minimum atomic E-state index is -3.29. The van der Waals surface area contributed by atoms with Crippen LogP contribution in [0.3, 0.4) is 0 Å². The highest BCUT2D eigenvalue weighted by Gasteiger charge is 2.29. The average molecular weight is 618 g/mol. The molecule has 4 aromatic rings. The molecule has 1 saturated heterocycles. The predicted molar refractivity (Wildman–Crippen MR) is 164 cm³/mol. The number of pyridine rings is 1. The molecule has 0 amide bonds. The Morgan fingerprint density at radius 2 is 1.78 bits per heavy atom. The van der Waals surface area contributed by atoms with Crippen LogP contribution in [0.25, 0.3) is 10.8 Å². The Balaban J connectivity index is 1.44. The van der Waals surface area contributed by atoms with E-state index in [2.05, 4.69) is 20.4 Å². The maximum atomic E-state index is 12.8. The van der Waals surface area contributed by atoms with Gasteiger partial charge in [-0.25, -0.2) is 18.5 Å². The van der Waals surface area contributed by atoms with E-state index < -0.39 is 15.3 Å². The molecular formula is C28H30Cl2N6O4S. The summed E-state index contributed by atoms with van der Waals surface area (Å²) < 4.78 is 32.4. The first-order chi connectivity index (χ1) is 19.6. The fourth-order valence-corrected chi connectivity index (χ4v) is 6.65. The second kappa shape index (κ2) is 11.8. The van der Waals surface area contributed by atoms with Crippen LogP contribution >= 0.6 is 23.2 Å². The quantitative estimate of drug-likeness (QED) is 0.289. The summed E-state index contributed by atoms with van der Waals surface area (Å²) in [6.45, 7) is 5.34. The van der Waals surface area contributed by atoms with Crippen LogP contribution in [0.15, 0.2) is 53.5 Å². The number of hydrogen-bond donors (Lipinski definition) is 2. The van der Waals surface area contributed by atoms with Gasteiger partial charge in [0.1, 0.15) is 11.6 Å². The summed E-state index contributed by atoms with van der Waals surface area (Å²) >= 11 is 12.8. The third kappa shape index (κ3) is 5.99. The van der Waals surface area contributed by atoms with E-state index in [1.807, 2.05) is 18.2 Å². The van der Waals surface area contributed by atoms with Crippen LogP contribution in [0, 0.1) is 0 Å². The molecule has 1 aliphatic rings. The van der Waals surface area contributed by atoms with Crippen molar-refractivity contribution in [1.29, 1.82) is 0 Å². The van der Waals surface area contributed by atoms with Crippen LogP contribution in [-0.4, -0.2) is 66.4 Å². The standard InChI is InChI=1S/C28H30Cl2N6O4S/c1-17(2)41(38,39)36-11-9-35(10-12-36)20-7-8-24(25(15-20)40-3)33-27-26-18(16-31-34-28(26)37)13-19(32-27)14-21-22(29)5-4-6-23(21)30/h4-8,13,15-17H,9-12,14H2,1-3H3,(H,32,33)(H,34,37). The van der Waals surface area contributed by atoms with E-state index in [1.165, 1.54) is 0 Å². The summed E-state index contributed by atoms with van der Waals surface area (Å²) in [7, 11) is -1.73. The van der Waals surface area contributed by atoms with Gasteiger partial charge >= 0.3 is 0 Å². The molecule has 1 fully saturated rings. The lowest BCUT2D eigenvalue weighted by molar-refractivity contribution is 0.380. The number of hydrogen-bond acceptors (Lipinski definition) is 8. The molecule has 0 unspecified atom stereocenters. The zero-order chi connectivity index (χ0) is 29.3. The lowest BCUT2D eigenvalue weighted by Crippen LogP contribution is -2.50. The highest BCUT2D eigenvalue weighted by Crippen LogP contribution is 2.34. The molecule has 2 N–H and O–H groups in total. The first kappa shape index (κ1) is 29.1. The van der Waals surface area contributed by atoms with Gasteiger partial charge in [-0.3, -0.25) is 4.79 Å². The molecule has 0 spiro atoms. The molecule has 3 heterocycles. The zero-order valence-electron chi connectivity index (χ0n) is 22.8. The lowest BCUT2D eigenvalue weighted by atomic mass is 10.1. The van der Waals surface area contributed by atoms with E-state index in [0.717, 1.165) is 11.3 Å². The van der Waals surface area contributed by atoms with Crippen LogP contribution in [0.4, 0.5) is 17.2 Å². The summed E-state index contributed by atoms with van der Waals surface area (Å²) in [5, 5.41) is 11.3. The van der Waals surface area contributed by atoms with E-state index in [4.69, 9.17) is 32.9 Å². The van der Waals surface area contributed by atoms with Crippen molar-refractivity contribution in [1.82, 2.24) is 19.5 Å². The summed E-state index contributed by atoms with van der Waals surface area (Å²) in [5.41, 5.74) is 2.50. The van der Waals surface area contributed by atoms with Gasteiger partial charge in [-0.15, -0.1) is 0 Å². The number of piperazine rings is 1. The van der Waals surface area contributed by atoms with E-state index >= 15 is 0 Å². The van der Waals surface area contributed by atoms with Gasteiger partial charge in [0.2, 0.25) is 10.0 Å². The second-order valence-electron chi connectivity index (χ2n) is 9.99. The SMILES string of the molecule is COc1cc(N2CCN(S(=O)(=O)C(C)C)CC2)ccc1Nc1nc(Cc2c(Cl)cccc2Cl)cc2cn[nH]c(=O)c12. The molecule has 0 radical (unpaired) electrons. The number of methoxy groups -OCH3 is 1. The number of ether oxygens (including phenoxy) is 1. The normalized spacial score (nSPS) is 14.5. The predicted octanol–water partition coefficient (Wildman–Crippen LogP) is 4.83. The highest BCUT2D eigenvalue weighted by molar-refractivity contribution is 7.89. The van der Waals surface area contributed by atoms with Gasteiger partial charge in [-0.1, -0.05) is 29.3 Å². The second-order valence-corrected chi connectivity index (χ2v) is 13.3. The maximum absolute atomic E-state index is 12.8. The molecule has 0 atom stereocenters. The van der Waals surface area contributed by atoms with Crippen LogP contribution in [0.1, 0.15) is 25.1 Å². The van der Waals surface area contributed by atoms with E-state index in [1.54, 1.807) is 55.7 Å². The number of nitrogens with one attached hydrogen (secondary N) is 2. The topological polar surface area (TPSA) is 121 Å². The Hall–Kier alpha value is -3.38. The number of sulfonamides is 1. The minimum absolute atomic E-state index is 0.336. The van der Waals surface area contributed by atoms with Crippen LogP contribution in [-0.2, 0) is 16.4 Å². The minimum Gasteiger partial charge on any atom is -0.494 e. The summed E-state index contributed by atoms with van der Waals surface area (Å²) in [6, 6.07) is 12.8. The number of nitrogens with zero attached hydrogens (tertiary/aromatic N) is 4. The molecule has 216 valence electrons. The number of rotatable bonds is 8. The number of H-pyrrole nitrogens is 1. The number of aromatic nitrogens is 3. The van der Waals surface area contributed by atoms with Crippen molar-refractivity contribution in [3.05, 3.63) is 80.3 Å². The fraction of sp³-hybridized carbons (Fsp3) is 0.321. The Labute approximate surface area is 248 Å². The average Bonchev–Trinajstić information content (AvgIpc) is 2.95. The molecule has 41 heavy (non-hydrogen) atoms. The largest absolute Gasteiger partial charge is 0.494 e. The molecule has 0 bridgehead atoms. The number of fused-ring (bicyclic) bond motifs is 1. The molecule has 10 nitrogen and oxygen atoms in total. The van der Waals surface area contributed by atoms with Gasteiger partial charge in [0.25, 0.3) is 5.56 Å². The number of halogens is 2. The number of benzene rings is 2. The summed E-state index contributed by atoms with van der Waals surface area (Å²) in [5.74, 6) is 0.877. The molecule has 1 aliphatic heterocycles. The molecule has 5 rings (SSSR count). The van der Waals surface area contributed by atoms with Crippen molar-refractivity contribution in [3.8, 4) is 5.75 Å². The number of aromatic amines is 1. The van der Waals surface area contributed by atoms with Crippen molar-refractivity contribution in [2.45, 2.75) is 25.5 Å². The number of anilines is 3. The Morgan fingerprint density at radius 1 is 1.07 bits per heavy atom. The Morgan fingerprint density at radius 3 is 2.44 bits per heavy atom. The maximum Gasteiger partial charge on any atom is 0.275 e. The lowest BCUT2D eigenvalue weighted by Gasteiger charge is -2.36. The van der Waals surface area contributed by atoms with Crippen LogP contribution in [0.5, 0.6) is 5.75 Å². The molecule has 2 aromatic heterocycles. The first-order valence-corrected chi connectivity index (χ1v) is 15.3. The van der Waals surface area contributed by atoms with Crippen molar-refractivity contribution in [2.75, 3.05) is 43.5 Å². The van der Waals surface area contributed by atoms with Crippen molar-refractivity contribution in [3.63, 3.8) is 0 Å². The van der Waals surface area contributed by atoms with Crippen molar-refractivity contribution >= 4 is 61.2 Å². The Kier molecular flexibility index (Phi) is 8.42. The summed E-state index contributed by atoms with van der Waals surface area (Å²) in [6.07, 6.45) is 1.92. The van der Waals surface area contributed by atoms with Gasteiger partial charge in [-0.2, -0.15) is 9.40 Å². The smallest absolute Gasteiger partial charge is 0.275 e. The summed E-state index contributed by atoms with van der Waals surface area (Å²) in [4.78, 5) is 19.7. The van der Waals surface area contributed by atoms with Gasteiger partial charge in [0, 0.05) is 65.5 Å². The fourth-order valence-electron chi connectivity index (χ4n) is 4.85. The first-order valence-electron chi connectivity index (χ1n) is 13.1. The van der Waals surface area contributed by atoms with Crippen LogP contribution in [0.2, 0.25) is 10.0 Å². The highest BCUT2D eigenvalue weighted by atomic mass is 35.5. The van der Waals surface area contributed by atoms with Gasteiger partial charge in [0.15, 0.2) is 0 Å². The molecule has 0 aliphatic carbocycles. The van der Waals surface area contributed by atoms with Gasteiger partial charge in [0.05, 0.1) is 29.6 Å². The zero-order valence-corrected chi connectivity index (χ0v) is 25.1. The molecule has 0 saturated carbocycles. The van der Waals surface area contributed by atoms with E-state index in [-0.39, 0.29) is 5.56 Å². The van der Waals surface area contributed by atoms with E-state index in [0.29, 0.717) is 76.4 Å². The molecule has 13 heteroatoms. The molecule has 2 aromatic carbocycles. The van der Waals surface area contributed by atoms with Crippen molar-refractivity contribution in [2.24, 2.45) is 0 Å². The third-order valence-corrected chi connectivity index (χ3v) is 10.1. The van der Waals surface area contributed by atoms with E-state index in [9.17, 15) is 13.2 Å². The van der Waals surface area contributed by atoms with Gasteiger partial charge < -0.3 is 15.0 Å². The Bertz CT molecular complexity index is 1730. The van der Waals surface area contributed by atoms with Crippen molar-refractivity contribution < 1.29 is 13.2 Å².